The standard InChI is InChI=1S/C30H40BN2O5/c1-2-3-4-5-6-7-8-9-10-15-20-32-28(34)27(31-29(35)36)33-30(37)38-21-26-24-18-13-11-16-22(24)23-17-12-14-19-25(23)26/h11-14,16-19,26-27H,2-10,15,20-21H2,1H3,(H,32,34)(H,33,37)(H,35,36)/t27-/m1/s1. The van der Waals surface area contributed by atoms with Gasteiger partial charge in [-0.2, -0.15) is 0 Å². The molecule has 7 nitrogen and oxygen atoms in total. The molecule has 0 saturated heterocycles. The number of rotatable bonds is 17. The highest BCUT2D eigenvalue weighted by Gasteiger charge is 2.30. The number of nitrogens with one attached hydrogen (secondary N) is 2. The summed E-state index contributed by atoms with van der Waals surface area (Å²) >= 11 is 0. The van der Waals surface area contributed by atoms with Gasteiger partial charge >= 0.3 is 13.4 Å². The fourth-order valence-electron chi connectivity index (χ4n) is 5.03. The Morgan fingerprint density at radius 3 is 1.92 bits per heavy atom. The van der Waals surface area contributed by atoms with Crippen LogP contribution in [0.5, 0.6) is 0 Å². The van der Waals surface area contributed by atoms with Gasteiger partial charge in [0.25, 0.3) is 0 Å². The molecule has 1 aliphatic carbocycles. The van der Waals surface area contributed by atoms with Gasteiger partial charge in [-0.25, -0.2) is 4.79 Å². The molecule has 3 N–H and O–H groups in total. The first-order chi connectivity index (χ1) is 18.5. The fraction of sp³-hybridized carbons (Fsp3) is 0.500. The number of carbonyl (C=O) groups excluding carboxylic acids is 2. The quantitative estimate of drug-likeness (QED) is 0.169. The van der Waals surface area contributed by atoms with Crippen molar-refractivity contribution in [2.75, 3.05) is 13.2 Å². The van der Waals surface area contributed by atoms with Crippen molar-refractivity contribution in [1.82, 2.24) is 10.6 Å². The molecule has 0 aliphatic heterocycles. The van der Waals surface area contributed by atoms with Crippen molar-refractivity contribution < 1.29 is 24.2 Å². The summed E-state index contributed by atoms with van der Waals surface area (Å²) in [6.07, 6.45) is 11.0. The zero-order chi connectivity index (χ0) is 27.2. The van der Waals surface area contributed by atoms with Crippen LogP contribution in [-0.4, -0.2) is 49.3 Å². The van der Waals surface area contributed by atoms with Gasteiger partial charge in [0, 0.05) is 12.5 Å². The van der Waals surface area contributed by atoms with Crippen LogP contribution in [0.25, 0.3) is 11.1 Å². The first-order valence-corrected chi connectivity index (χ1v) is 14.0. The Morgan fingerprint density at radius 2 is 1.37 bits per heavy atom. The lowest BCUT2D eigenvalue weighted by Gasteiger charge is -2.18. The smallest absolute Gasteiger partial charge is 0.407 e. The number of carbonyl (C=O) groups is 3. The molecule has 0 saturated carbocycles. The Bertz CT molecular complexity index is 1010. The van der Waals surface area contributed by atoms with Crippen molar-refractivity contribution in [2.45, 2.75) is 83.0 Å². The van der Waals surface area contributed by atoms with E-state index >= 15 is 0 Å². The predicted molar refractivity (Wildman–Crippen MR) is 151 cm³/mol. The van der Waals surface area contributed by atoms with Gasteiger partial charge in [0.1, 0.15) is 6.61 Å². The monoisotopic (exact) mass is 519 g/mol. The molecule has 0 fully saturated rings. The second-order valence-corrected chi connectivity index (χ2v) is 9.93. The highest BCUT2D eigenvalue weighted by atomic mass is 16.5. The maximum absolute atomic E-state index is 12.6. The summed E-state index contributed by atoms with van der Waals surface area (Å²) in [6, 6.07) is 16.0. The van der Waals surface area contributed by atoms with Gasteiger partial charge in [-0.3, -0.25) is 9.59 Å². The number of alkyl carbamates (subject to hydrolysis) is 1. The number of carboxylic acid groups (broad SMARTS) is 1. The zero-order valence-electron chi connectivity index (χ0n) is 22.4. The van der Waals surface area contributed by atoms with E-state index in [4.69, 9.17) is 4.74 Å². The SMILES string of the molecule is CCCCCCCCCCCCNC(=O)[C@H]([B]C(=O)O)NC(=O)OCC1c2ccccc2-c2ccccc21. The first-order valence-electron chi connectivity index (χ1n) is 14.0. The number of hydrogen-bond donors (Lipinski definition) is 3. The molecule has 2 amide bonds. The summed E-state index contributed by atoms with van der Waals surface area (Å²) in [5, 5.41) is 14.3. The Kier molecular flexibility index (Phi) is 12.2. The van der Waals surface area contributed by atoms with Gasteiger partial charge in [0.2, 0.25) is 11.8 Å². The maximum atomic E-state index is 12.6. The van der Waals surface area contributed by atoms with Crippen molar-refractivity contribution in [3.63, 3.8) is 0 Å². The van der Waals surface area contributed by atoms with Crippen molar-refractivity contribution in [1.29, 1.82) is 0 Å². The van der Waals surface area contributed by atoms with Crippen molar-refractivity contribution in [3.05, 3.63) is 59.7 Å². The van der Waals surface area contributed by atoms with E-state index < -0.39 is 23.8 Å². The third-order valence-electron chi connectivity index (χ3n) is 7.04. The van der Waals surface area contributed by atoms with Crippen LogP contribution in [0.1, 0.15) is 88.2 Å². The second-order valence-electron chi connectivity index (χ2n) is 9.93. The molecule has 1 radical (unpaired) electrons. The van der Waals surface area contributed by atoms with E-state index in [9.17, 15) is 19.5 Å². The summed E-state index contributed by atoms with van der Waals surface area (Å²) in [4.78, 5) is 36.4. The number of benzene rings is 2. The lowest BCUT2D eigenvalue weighted by molar-refractivity contribution is -0.121. The van der Waals surface area contributed by atoms with E-state index in [0.717, 1.165) is 48.8 Å². The lowest BCUT2D eigenvalue weighted by atomic mass is 9.69. The van der Waals surface area contributed by atoms with Gasteiger partial charge in [-0.15, -0.1) is 0 Å². The summed E-state index contributed by atoms with van der Waals surface area (Å²) in [5.74, 6) is -3.29. The molecule has 1 atom stereocenters. The number of amides is 2. The molecular formula is C30H40BN2O5. The number of unbranched alkanes of at least 4 members (excludes halogenated alkanes) is 9. The molecule has 1 aliphatic rings. The van der Waals surface area contributed by atoms with Crippen molar-refractivity contribution >= 4 is 25.1 Å². The van der Waals surface area contributed by atoms with E-state index in [-0.39, 0.29) is 12.5 Å². The summed E-state index contributed by atoms with van der Waals surface area (Å²) in [6.45, 7) is 2.74. The molecule has 0 heterocycles. The molecular weight excluding hydrogens is 479 g/mol. The van der Waals surface area contributed by atoms with Gasteiger partial charge in [0.15, 0.2) is 0 Å². The normalized spacial score (nSPS) is 12.8. The van der Waals surface area contributed by atoms with E-state index in [0.29, 0.717) is 6.54 Å². The Labute approximate surface area is 227 Å². The topological polar surface area (TPSA) is 105 Å². The largest absolute Gasteiger partial charge is 0.490 e. The maximum Gasteiger partial charge on any atom is 0.407 e. The van der Waals surface area contributed by atoms with Crippen LogP contribution in [0.3, 0.4) is 0 Å². The van der Waals surface area contributed by atoms with E-state index in [1.54, 1.807) is 0 Å². The van der Waals surface area contributed by atoms with Crippen molar-refractivity contribution in [3.8, 4) is 11.1 Å². The van der Waals surface area contributed by atoms with Crippen molar-refractivity contribution in [2.24, 2.45) is 0 Å². The highest BCUT2D eigenvalue weighted by Crippen LogP contribution is 2.44. The molecule has 38 heavy (non-hydrogen) atoms. The third kappa shape index (κ3) is 8.93. The van der Waals surface area contributed by atoms with Gasteiger partial charge in [-0.05, 0) is 28.7 Å². The van der Waals surface area contributed by atoms with Crippen LogP contribution >= 0.6 is 0 Å². The summed E-state index contributed by atoms with van der Waals surface area (Å²) in [5.41, 5.74) is 4.37. The van der Waals surface area contributed by atoms with E-state index in [2.05, 4.69) is 17.6 Å². The average Bonchev–Trinajstić information content (AvgIpc) is 3.23. The highest BCUT2D eigenvalue weighted by molar-refractivity contribution is 6.75. The second kappa shape index (κ2) is 15.8. The number of fused-ring (bicyclic) bond motifs is 3. The van der Waals surface area contributed by atoms with Crippen LogP contribution in [-0.2, 0) is 9.53 Å². The van der Waals surface area contributed by atoms with Gasteiger partial charge in [0.05, 0.1) is 5.94 Å². The molecule has 0 unspecified atom stereocenters. The van der Waals surface area contributed by atoms with Crippen LogP contribution < -0.4 is 10.6 Å². The van der Waals surface area contributed by atoms with Crippen LogP contribution in [0.15, 0.2) is 48.5 Å². The summed E-state index contributed by atoms with van der Waals surface area (Å²) in [7, 11) is 0.773. The number of hydrogen-bond acceptors (Lipinski definition) is 4. The Morgan fingerprint density at radius 1 is 0.842 bits per heavy atom. The average molecular weight is 519 g/mol. The lowest BCUT2D eigenvalue weighted by Crippen LogP contribution is -2.52. The molecule has 0 spiro atoms. The predicted octanol–water partition coefficient (Wildman–Crippen LogP) is 6.27. The molecule has 2 aromatic carbocycles. The minimum Gasteiger partial charge on any atom is -0.490 e. The molecule has 203 valence electrons. The van der Waals surface area contributed by atoms with E-state index in [1.807, 2.05) is 48.5 Å². The van der Waals surface area contributed by atoms with Gasteiger partial charge in [-0.1, -0.05) is 113 Å². The third-order valence-corrected chi connectivity index (χ3v) is 7.04. The minimum atomic E-state index is -1.31. The molecule has 2 aromatic rings. The zero-order valence-corrected chi connectivity index (χ0v) is 22.4. The molecule has 3 rings (SSSR count). The van der Waals surface area contributed by atoms with E-state index in [1.165, 1.54) is 44.9 Å². The first kappa shape index (κ1) is 29.3. The van der Waals surface area contributed by atoms with Crippen LogP contribution in [0, 0.1) is 0 Å². The molecule has 0 aromatic heterocycles. The summed E-state index contributed by atoms with van der Waals surface area (Å²) < 4.78 is 5.47. The Hall–Kier alpha value is -3.29. The fourth-order valence-corrected chi connectivity index (χ4v) is 5.03. The molecule has 0 bridgehead atoms. The number of ether oxygens (including phenoxy) is 1. The minimum absolute atomic E-state index is 0.0832. The molecule has 8 heteroatoms. The van der Waals surface area contributed by atoms with Crippen LogP contribution in [0.4, 0.5) is 9.59 Å². The van der Waals surface area contributed by atoms with Gasteiger partial charge < -0.3 is 20.5 Å². The Balaban J connectivity index is 1.40. The van der Waals surface area contributed by atoms with Crippen LogP contribution in [0.2, 0.25) is 0 Å².